The monoisotopic (exact) mass is 407 g/mol. The maximum Gasteiger partial charge on any atom is 0.232 e. The number of rotatable bonds is 2. The summed E-state index contributed by atoms with van der Waals surface area (Å²) in [5.41, 5.74) is 5.57. The van der Waals surface area contributed by atoms with E-state index in [1.807, 2.05) is 49.4 Å². The Labute approximate surface area is 177 Å². The molecule has 29 heavy (non-hydrogen) atoms. The lowest BCUT2D eigenvalue weighted by Crippen LogP contribution is -2.43. The Hall–Kier alpha value is -2.39. The zero-order valence-corrected chi connectivity index (χ0v) is 18.1. The van der Waals surface area contributed by atoms with E-state index in [1.54, 1.807) is 4.90 Å². The molecule has 3 nitrogen and oxygen atoms in total. The third-order valence-corrected chi connectivity index (χ3v) is 6.38. The van der Waals surface area contributed by atoms with Crippen molar-refractivity contribution in [3.8, 4) is 0 Å². The van der Waals surface area contributed by atoms with Gasteiger partial charge in [0, 0.05) is 40.7 Å². The van der Waals surface area contributed by atoms with E-state index in [4.69, 9.17) is 11.6 Å². The van der Waals surface area contributed by atoms with Crippen molar-refractivity contribution in [2.75, 3.05) is 4.90 Å². The van der Waals surface area contributed by atoms with Gasteiger partial charge in [0.15, 0.2) is 5.78 Å². The van der Waals surface area contributed by atoms with Crippen LogP contribution in [0.1, 0.15) is 55.7 Å². The van der Waals surface area contributed by atoms with Crippen molar-refractivity contribution >= 4 is 29.0 Å². The maximum atomic E-state index is 13.4. The number of amides is 1. The number of allylic oxidation sites excluding steroid dienone is 2. The second-order valence-corrected chi connectivity index (χ2v) is 9.55. The number of benzene rings is 2. The van der Waals surface area contributed by atoms with Gasteiger partial charge in [-0.1, -0.05) is 43.6 Å². The van der Waals surface area contributed by atoms with Gasteiger partial charge in [0.25, 0.3) is 0 Å². The summed E-state index contributed by atoms with van der Waals surface area (Å²) in [5, 5.41) is 0.622. The summed E-state index contributed by atoms with van der Waals surface area (Å²) in [6, 6.07) is 13.6. The molecule has 4 rings (SSSR count). The summed E-state index contributed by atoms with van der Waals surface area (Å²) in [5.74, 6) is -0.0624. The number of anilines is 1. The van der Waals surface area contributed by atoms with Crippen LogP contribution in [0.4, 0.5) is 5.69 Å². The van der Waals surface area contributed by atoms with Gasteiger partial charge in [0.05, 0.1) is 0 Å². The summed E-state index contributed by atoms with van der Waals surface area (Å²) < 4.78 is 0. The molecule has 0 saturated carbocycles. The zero-order chi connectivity index (χ0) is 20.9. The third-order valence-electron chi connectivity index (χ3n) is 6.14. The van der Waals surface area contributed by atoms with Crippen LogP contribution in [-0.4, -0.2) is 11.7 Å². The summed E-state index contributed by atoms with van der Waals surface area (Å²) in [6.45, 7) is 8.30. The summed E-state index contributed by atoms with van der Waals surface area (Å²) >= 11 is 6.22. The van der Waals surface area contributed by atoms with E-state index in [0.717, 1.165) is 28.1 Å². The molecular formula is C25H26ClNO2. The largest absolute Gasteiger partial charge is 0.294 e. The molecule has 4 heteroatoms. The smallest absolute Gasteiger partial charge is 0.232 e. The summed E-state index contributed by atoms with van der Waals surface area (Å²) in [7, 11) is 0. The van der Waals surface area contributed by atoms with Crippen molar-refractivity contribution in [1.29, 1.82) is 0 Å². The standard InChI is InChI=1S/C25H26ClNO2/c1-15-8-9-19(10-16(15)2)27-21-13-25(3,4)14-22(28)24(21)20(12-23(27)29)17-6-5-7-18(26)11-17/h5-11,20H,12-14H2,1-4H3. The Morgan fingerprint density at radius 1 is 1.00 bits per heavy atom. The van der Waals surface area contributed by atoms with Crippen molar-refractivity contribution in [1.82, 2.24) is 0 Å². The molecule has 0 aromatic heterocycles. The van der Waals surface area contributed by atoms with Crippen molar-refractivity contribution in [2.24, 2.45) is 5.41 Å². The topological polar surface area (TPSA) is 37.4 Å². The first-order valence-corrected chi connectivity index (χ1v) is 10.5. The molecule has 0 fully saturated rings. The molecule has 0 N–H and O–H groups in total. The van der Waals surface area contributed by atoms with Gasteiger partial charge < -0.3 is 0 Å². The first-order valence-electron chi connectivity index (χ1n) is 10.1. The second kappa shape index (κ2) is 7.14. The number of carbonyl (C=O) groups excluding carboxylic acids is 2. The lowest BCUT2D eigenvalue weighted by atomic mass is 9.69. The SMILES string of the molecule is Cc1ccc(N2C(=O)CC(c3cccc(Cl)c3)C3=C2CC(C)(C)CC3=O)cc1C. The van der Waals surface area contributed by atoms with Crippen LogP contribution in [0.25, 0.3) is 0 Å². The van der Waals surface area contributed by atoms with E-state index in [-0.39, 0.29) is 29.4 Å². The molecule has 150 valence electrons. The average Bonchev–Trinajstić information content (AvgIpc) is 2.62. The second-order valence-electron chi connectivity index (χ2n) is 9.11. The molecule has 0 bridgehead atoms. The van der Waals surface area contributed by atoms with Gasteiger partial charge in [-0.3, -0.25) is 14.5 Å². The van der Waals surface area contributed by atoms with Crippen LogP contribution in [0.5, 0.6) is 0 Å². The molecule has 1 atom stereocenters. The maximum absolute atomic E-state index is 13.4. The first kappa shape index (κ1) is 19.9. The highest BCUT2D eigenvalue weighted by Crippen LogP contribution is 2.48. The van der Waals surface area contributed by atoms with Crippen LogP contribution in [0.3, 0.4) is 0 Å². The van der Waals surface area contributed by atoms with Crippen LogP contribution in [0, 0.1) is 19.3 Å². The van der Waals surface area contributed by atoms with Gasteiger partial charge >= 0.3 is 0 Å². The van der Waals surface area contributed by atoms with E-state index < -0.39 is 0 Å². The normalized spacial score (nSPS) is 21.4. The van der Waals surface area contributed by atoms with Crippen molar-refractivity contribution in [2.45, 2.75) is 52.9 Å². The molecule has 0 radical (unpaired) electrons. The molecule has 1 heterocycles. The molecule has 1 unspecified atom stereocenters. The van der Waals surface area contributed by atoms with Crippen LogP contribution in [0.15, 0.2) is 53.7 Å². The highest BCUT2D eigenvalue weighted by Gasteiger charge is 2.44. The molecule has 1 aliphatic heterocycles. The minimum atomic E-state index is -0.234. The van der Waals surface area contributed by atoms with Gasteiger partial charge in [-0.25, -0.2) is 0 Å². The van der Waals surface area contributed by atoms with Crippen LogP contribution >= 0.6 is 11.6 Å². The zero-order valence-electron chi connectivity index (χ0n) is 17.4. The molecule has 0 spiro atoms. The highest BCUT2D eigenvalue weighted by molar-refractivity contribution is 6.30. The van der Waals surface area contributed by atoms with E-state index in [9.17, 15) is 9.59 Å². The number of hydrogen-bond acceptors (Lipinski definition) is 2. The van der Waals surface area contributed by atoms with E-state index >= 15 is 0 Å². The van der Waals surface area contributed by atoms with Crippen molar-refractivity contribution in [3.05, 3.63) is 75.4 Å². The fourth-order valence-electron chi connectivity index (χ4n) is 4.59. The van der Waals surface area contributed by atoms with Gasteiger partial charge in [-0.05, 0) is 66.6 Å². The van der Waals surface area contributed by atoms with Crippen molar-refractivity contribution in [3.63, 3.8) is 0 Å². The average molecular weight is 408 g/mol. The molecule has 1 aliphatic carbocycles. The van der Waals surface area contributed by atoms with E-state index in [0.29, 0.717) is 17.9 Å². The Kier molecular flexibility index (Phi) is 4.90. The predicted molar refractivity (Wildman–Crippen MR) is 117 cm³/mol. The minimum Gasteiger partial charge on any atom is -0.294 e. The van der Waals surface area contributed by atoms with Crippen molar-refractivity contribution < 1.29 is 9.59 Å². The number of Topliss-reactive ketones (excluding diaryl/α,β-unsaturated/α-hetero) is 1. The van der Waals surface area contributed by atoms with Crippen LogP contribution < -0.4 is 4.90 Å². The van der Waals surface area contributed by atoms with Gasteiger partial charge in [-0.15, -0.1) is 0 Å². The Morgan fingerprint density at radius 3 is 2.45 bits per heavy atom. The van der Waals surface area contributed by atoms with Gasteiger partial charge in [0.2, 0.25) is 5.91 Å². The molecule has 2 aromatic carbocycles. The number of carbonyl (C=O) groups is 2. The van der Waals surface area contributed by atoms with Crippen LogP contribution in [0.2, 0.25) is 5.02 Å². The number of hydrogen-bond donors (Lipinski definition) is 0. The Morgan fingerprint density at radius 2 is 1.76 bits per heavy atom. The fourth-order valence-corrected chi connectivity index (χ4v) is 4.79. The molecule has 2 aliphatic rings. The van der Waals surface area contributed by atoms with E-state index in [1.165, 1.54) is 5.56 Å². The predicted octanol–water partition coefficient (Wildman–Crippen LogP) is 6.12. The molecular weight excluding hydrogens is 382 g/mol. The first-order chi connectivity index (χ1) is 13.7. The number of ketones is 1. The fraction of sp³-hybridized carbons (Fsp3) is 0.360. The molecule has 1 amide bonds. The van der Waals surface area contributed by atoms with Crippen LogP contribution in [-0.2, 0) is 9.59 Å². The lowest BCUT2D eigenvalue weighted by Gasteiger charge is -2.43. The summed E-state index contributed by atoms with van der Waals surface area (Å²) in [4.78, 5) is 28.5. The minimum absolute atomic E-state index is 0.0301. The quantitative estimate of drug-likeness (QED) is 0.601. The molecule has 0 saturated heterocycles. The number of nitrogens with zero attached hydrogens (tertiary/aromatic N) is 1. The lowest BCUT2D eigenvalue weighted by molar-refractivity contribution is -0.121. The van der Waals surface area contributed by atoms with E-state index in [2.05, 4.69) is 20.8 Å². The number of halogens is 1. The number of aryl methyl sites for hydroxylation is 2. The highest BCUT2D eigenvalue weighted by atomic mass is 35.5. The molecule has 2 aromatic rings. The Bertz CT molecular complexity index is 1050. The van der Waals surface area contributed by atoms with Gasteiger partial charge in [0.1, 0.15) is 0 Å². The Balaban J connectivity index is 1.91. The third kappa shape index (κ3) is 3.64. The van der Waals surface area contributed by atoms with Gasteiger partial charge in [-0.2, -0.15) is 0 Å². The summed E-state index contributed by atoms with van der Waals surface area (Å²) in [6.07, 6.45) is 1.47.